The monoisotopic (exact) mass is 262 g/mol. The minimum Gasteiger partial charge on any atom is -0.280 e. The van der Waals surface area contributed by atoms with Gasteiger partial charge in [0.2, 0.25) is 0 Å². The maximum absolute atomic E-state index is 5.98. The van der Waals surface area contributed by atoms with Crippen LogP contribution in [0.15, 0.2) is 59.1 Å². The molecule has 0 aliphatic heterocycles. The fourth-order valence-corrected chi connectivity index (χ4v) is 1.60. The molecule has 0 saturated carbocycles. The first-order chi connectivity index (χ1) is 7.27. The first kappa shape index (κ1) is 10.2. The van der Waals surface area contributed by atoms with Crippen LogP contribution < -0.4 is 10.9 Å². The Morgan fingerprint density at radius 2 is 1.33 bits per heavy atom. The summed E-state index contributed by atoms with van der Waals surface area (Å²) in [5, 5.41) is 1.66. The van der Waals surface area contributed by atoms with Crippen LogP contribution in [-0.4, -0.2) is 0 Å². The van der Waals surface area contributed by atoms with Gasteiger partial charge in [-0.3, -0.25) is 5.01 Å². The van der Waals surface area contributed by atoms with Gasteiger partial charge in [-0.1, -0.05) is 34.1 Å². The lowest BCUT2D eigenvalue weighted by Gasteiger charge is -2.18. The van der Waals surface area contributed by atoms with Gasteiger partial charge in [-0.25, -0.2) is 5.84 Å². The molecule has 2 aromatic carbocycles. The van der Waals surface area contributed by atoms with Gasteiger partial charge in [-0.05, 0) is 36.4 Å². The summed E-state index contributed by atoms with van der Waals surface area (Å²) in [4.78, 5) is 0. The number of halogens is 1. The molecule has 0 fully saturated rings. The molecule has 76 valence electrons. The highest BCUT2D eigenvalue weighted by molar-refractivity contribution is 9.10. The molecule has 3 heteroatoms. The van der Waals surface area contributed by atoms with E-state index >= 15 is 0 Å². The predicted molar refractivity (Wildman–Crippen MR) is 66.9 cm³/mol. The highest BCUT2D eigenvalue weighted by atomic mass is 79.9. The number of anilines is 2. The number of rotatable bonds is 2. The largest absolute Gasteiger partial charge is 0.280 e. The minimum absolute atomic E-state index is 0.962. The van der Waals surface area contributed by atoms with Crippen molar-refractivity contribution in [3.8, 4) is 0 Å². The van der Waals surface area contributed by atoms with Crippen molar-refractivity contribution in [1.82, 2.24) is 0 Å². The number of nitrogens with two attached hydrogens (primary N) is 1. The Bertz CT molecular complexity index is 425. The van der Waals surface area contributed by atoms with Crippen molar-refractivity contribution in [3.05, 3.63) is 59.1 Å². The maximum Gasteiger partial charge on any atom is 0.0576 e. The lowest BCUT2D eigenvalue weighted by Crippen LogP contribution is -2.24. The van der Waals surface area contributed by atoms with Gasteiger partial charge < -0.3 is 0 Å². The number of hydrogen-bond acceptors (Lipinski definition) is 2. The summed E-state index contributed by atoms with van der Waals surface area (Å²) in [6.07, 6.45) is 0. The Balaban J connectivity index is 2.29. The second-order valence-electron chi connectivity index (χ2n) is 3.18. The van der Waals surface area contributed by atoms with Crippen molar-refractivity contribution in [3.63, 3.8) is 0 Å². The molecular weight excluding hydrogens is 252 g/mol. The SMILES string of the molecule is NN(c1ccccc1)c1ccc(Br)cc1. The van der Waals surface area contributed by atoms with E-state index in [9.17, 15) is 0 Å². The van der Waals surface area contributed by atoms with Crippen molar-refractivity contribution < 1.29 is 0 Å². The summed E-state index contributed by atoms with van der Waals surface area (Å²) in [6, 6.07) is 17.7. The zero-order chi connectivity index (χ0) is 10.7. The molecule has 0 amide bonds. The van der Waals surface area contributed by atoms with Gasteiger partial charge in [0.05, 0.1) is 11.4 Å². The zero-order valence-corrected chi connectivity index (χ0v) is 9.68. The number of para-hydroxylation sites is 1. The van der Waals surface area contributed by atoms with E-state index in [0.717, 1.165) is 15.8 Å². The van der Waals surface area contributed by atoms with Gasteiger partial charge in [0.15, 0.2) is 0 Å². The normalized spacial score (nSPS) is 10.0. The molecule has 0 atom stereocenters. The number of benzene rings is 2. The standard InChI is InChI=1S/C12H11BrN2/c13-10-6-8-12(9-7-10)15(14)11-4-2-1-3-5-11/h1-9H,14H2. The molecule has 0 aliphatic rings. The Labute approximate surface area is 97.4 Å². The van der Waals surface area contributed by atoms with Gasteiger partial charge in [0, 0.05) is 4.47 Å². The summed E-state index contributed by atoms with van der Waals surface area (Å²) in [7, 11) is 0. The van der Waals surface area contributed by atoms with Crippen LogP contribution in [0.4, 0.5) is 11.4 Å². The van der Waals surface area contributed by atoms with Gasteiger partial charge in [-0.15, -0.1) is 0 Å². The Morgan fingerprint density at radius 1 is 0.800 bits per heavy atom. The van der Waals surface area contributed by atoms with Gasteiger partial charge in [-0.2, -0.15) is 0 Å². The molecule has 0 aliphatic carbocycles. The van der Waals surface area contributed by atoms with E-state index in [-0.39, 0.29) is 0 Å². The molecule has 2 N–H and O–H groups in total. The molecule has 0 aromatic heterocycles. The molecule has 0 spiro atoms. The van der Waals surface area contributed by atoms with Crippen molar-refractivity contribution >= 4 is 27.3 Å². The van der Waals surface area contributed by atoms with Gasteiger partial charge in [0.1, 0.15) is 0 Å². The van der Waals surface area contributed by atoms with Gasteiger partial charge >= 0.3 is 0 Å². The van der Waals surface area contributed by atoms with E-state index in [0.29, 0.717) is 0 Å². The third-order valence-corrected chi connectivity index (χ3v) is 2.67. The quantitative estimate of drug-likeness (QED) is 0.664. The summed E-state index contributed by atoms with van der Waals surface area (Å²) in [5.74, 6) is 5.98. The lowest BCUT2D eigenvalue weighted by molar-refractivity contribution is 1.09. The minimum atomic E-state index is 0.962. The summed E-state index contributed by atoms with van der Waals surface area (Å²) in [5.41, 5.74) is 1.93. The van der Waals surface area contributed by atoms with Crippen LogP contribution in [0.1, 0.15) is 0 Å². The van der Waals surface area contributed by atoms with E-state index in [2.05, 4.69) is 15.9 Å². The maximum atomic E-state index is 5.98. The van der Waals surface area contributed by atoms with E-state index in [1.165, 1.54) is 0 Å². The molecule has 15 heavy (non-hydrogen) atoms. The number of hydrazine groups is 1. The van der Waals surface area contributed by atoms with E-state index in [4.69, 9.17) is 5.84 Å². The van der Waals surface area contributed by atoms with Crippen LogP contribution in [0.3, 0.4) is 0 Å². The van der Waals surface area contributed by atoms with Crippen molar-refractivity contribution in [2.24, 2.45) is 5.84 Å². The molecule has 2 nitrogen and oxygen atoms in total. The van der Waals surface area contributed by atoms with E-state index in [1.807, 2.05) is 54.6 Å². The average molecular weight is 263 g/mol. The molecule has 2 aromatic rings. The van der Waals surface area contributed by atoms with E-state index < -0.39 is 0 Å². The van der Waals surface area contributed by atoms with Crippen molar-refractivity contribution in [2.45, 2.75) is 0 Å². The van der Waals surface area contributed by atoms with Crippen LogP contribution in [0.5, 0.6) is 0 Å². The van der Waals surface area contributed by atoms with Crippen LogP contribution in [0.25, 0.3) is 0 Å². The summed E-state index contributed by atoms with van der Waals surface area (Å²) >= 11 is 3.39. The van der Waals surface area contributed by atoms with Crippen LogP contribution in [-0.2, 0) is 0 Å². The Hall–Kier alpha value is -1.32. The smallest absolute Gasteiger partial charge is 0.0576 e. The molecule has 0 radical (unpaired) electrons. The van der Waals surface area contributed by atoms with Crippen LogP contribution in [0, 0.1) is 0 Å². The fraction of sp³-hybridized carbons (Fsp3) is 0. The van der Waals surface area contributed by atoms with Gasteiger partial charge in [0.25, 0.3) is 0 Å². The molecular formula is C12H11BrN2. The fourth-order valence-electron chi connectivity index (χ4n) is 1.34. The van der Waals surface area contributed by atoms with Crippen molar-refractivity contribution in [2.75, 3.05) is 5.01 Å². The highest BCUT2D eigenvalue weighted by Gasteiger charge is 2.02. The number of nitrogens with zero attached hydrogens (tertiary/aromatic N) is 1. The summed E-state index contributed by atoms with van der Waals surface area (Å²) < 4.78 is 1.05. The van der Waals surface area contributed by atoms with E-state index in [1.54, 1.807) is 5.01 Å². The van der Waals surface area contributed by atoms with Crippen LogP contribution in [0.2, 0.25) is 0 Å². The molecule has 0 heterocycles. The predicted octanol–water partition coefficient (Wildman–Crippen LogP) is 3.46. The highest BCUT2D eigenvalue weighted by Crippen LogP contribution is 2.22. The second kappa shape index (κ2) is 4.47. The van der Waals surface area contributed by atoms with Crippen LogP contribution >= 0.6 is 15.9 Å². The lowest BCUT2D eigenvalue weighted by atomic mass is 10.2. The third-order valence-electron chi connectivity index (χ3n) is 2.14. The number of hydrogen-bond donors (Lipinski definition) is 1. The molecule has 2 rings (SSSR count). The second-order valence-corrected chi connectivity index (χ2v) is 4.10. The zero-order valence-electron chi connectivity index (χ0n) is 8.10. The third kappa shape index (κ3) is 2.37. The van der Waals surface area contributed by atoms with Crippen molar-refractivity contribution in [1.29, 1.82) is 0 Å². The molecule has 0 bridgehead atoms. The topological polar surface area (TPSA) is 29.3 Å². The average Bonchev–Trinajstić information content (AvgIpc) is 2.30. The Kier molecular flexibility index (Phi) is 3.04. The molecule has 0 saturated heterocycles. The summed E-state index contributed by atoms with van der Waals surface area (Å²) in [6.45, 7) is 0. The molecule has 0 unspecified atom stereocenters. The first-order valence-electron chi connectivity index (χ1n) is 4.63. The first-order valence-corrected chi connectivity index (χ1v) is 5.42. The Morgan fingerprint density at radius 3 is 1.93 bits per heavy atom.